The molecule has 2 aromatic heterocycles. The number of nitrogens with zero attached hydrogens (tertiary/aromatic N) is 2. The van der Waals surface area contributed by atoms with Crippen molar-refractivity contribution in [2.75, 3.05) is 26.3 Å². The molecule has 30 heavy (non-hydrogen) atoms. The van der Waals surface area contributed by atoms with Gasteiger partial charge in [-0.2, -0.15) is 0 Å². The normalized spacial score (nSPS) is 19.3. The van der Waals surface area contributed by atoms with Crippen molar-refractivity contribution in [1.82, 2.24) is 20.6 Å². The fraction of sp³-hybridized carbons (Fsp3) is 0.364. The molecule has 2 N–H and O–H groups in total. The van der Waals surface area contributed by atoms with Gasteiger partial charge in [-0.25, -0.2) is 9.97 Å². The highest BCUT2D eigenvalue weighted by Gasteiger charge is 2.17. The van der Waals surface area contributed by atoms with Crippen LogP contribution in [0, 0.1) is 23.7 Å². The molecule has 0 radical (unpaired) electrons. The summed E-state index contributed by atoms with van der Waals surface area (Å²) in [6, 6.07) is 4.31. The van der Waals surface area contributed by atoms with Crippen LogP contribution in [0.1, 0.15) is 24.0 Å². The first-order chi connectivity index (χ1) is 14.7. The third-order valence-corrected chi connectivity index (χ3v) is 5.44. The maximum absolute atomic E-state index is 6.13. The fourth-order valence-corrected chi connectivity index (χ4v) is 3.06. The van der Waals surface area contributed by atoms with Crippen LogP contribution in [-0.4, -0.2) is 48.4 Å². The number of aromatic nitrogens is 2. The first-order valence-corrected chi connectivity index (χ1v) is 10.5. The summed E-state index contributed by atoms with van der Waals surface area (Å²) in [7, 11) is 0. The molecule has 6 nitrogen and oxygen atoms in total. The molecule has 0 spiro atoms. The molecule has 4 rings (SSSR count). The molecule has 0 aromatic carbocycles. The lowest BCUT2D eigenvalue weighted by Crippen LogP contribution is -2.46. The highest BCUT2D eigenvalue weighted by Crippen LogP contribution is 2.20. The van der Waals surface area contributed by atoms with Crippen molar-refractivity contribution in [3.63, 3.8) is 0 Å². The Balaban J connectivity index is 1.40. The second-order valence-electron chi connectivity index (χ2n) is 7.02. The summed E-state index contributed by atoms with van der Waals surface area (Å²) in [4.78, 5) is 8.25. The van der Waals surface area contributed by atoms with E-state index in [-0.39, 0.29) is 0 Å². The Bertz CT molecular complexity index is 947. The number of nitrogens with one attached hydrogen (secondary N) is 2. The highest BCUT2D eigenvalue weighted by molar-refractivity contribution is 6.30. The predicted molar refractivity (Wildman–Crippen MR) is 116 cm³/mol. The minimum atomic E-state index is 0.304. The summed E-state index contributed by atoms with van der Waals surface area (Å²) in [6.07, 6.45) is 5.41. The Morgan fingerprint density at radius 2 is 1.27 bits per heavy atom. The van der Waals surface area contributed by atoms with Crippen LogP contribution in [0.3, 0.4) is 0 Å². The zero-order chi connectivity index (χ0) is 20.8. The molecule has 2 saturated heterocycles. The Morgan fingerprint density at radius 3 is 1.63 bits per heavy atom. The smallest absolute Gasteiger partial charge is 0.144 e. The van der Waals surface area contributed by atoms with Gasteiger partial charge in [-0.3, -0.25) is 0 Å². The van der Waals surface area contributed by atoms with Crippen molar-refractivity contribution in [2.45, 2.75) is 24.9 Å². The third kappa shape index (κ3) is 5.56. The van der Waals surface area contributed by atoms with Gasteiger partial charge in [0.2, 0.25) is 0 Å². The molecule has 2 fully saturated rings. The highest BCUT2D eigenvalue weighted by atomic mass is 35.5. The van der Waals surface area contributed by atoms with Crippen LogP contribution in [0.4, 0.5) is 0 Å². The predicted octanol–water partition coefficient (Wildman–Crippen LogP) is 2.67. The van der Waals surface area contributed by atoms with Crippen LogP contribution in [0.15, 0.2) is 24.5 Å². The van der Waals surface area contributed by atoms with E-state index in [1.54, 1.807) is 24.5 Å². The van der Waals surface area contributed by atoms with E-state index in [0.29, 0.717) is 58.2 Å². The molecule has 0 bridgehead atoms. The van der Waals surface area contributed by atoms with Crippen molar-refractivity contribution >= 4 is 23.2 Å². The minimum absolute atomic E-state index is 0.304. The molecular weight excluding hydrogens is 423 g/mol. The van der Waals surface area contributed by atoms with E-state index in [4.69, 9.17) is 32.7 Å². The van der Waals surface area contributed by atoms with Crippen molar-refractivity contribution in [3.8, 4) is 35.2 Å². The number of ether oxygens (including phenoxy) is 2. The van der Waals surface area contributed by atoms with Gasteiger partial charge in [0.1, 0.15) is 35.0 Å². The van der Waals surface area contributed by atoms with Gasteiger partial charge < -0.3 is 20.1 Å². The summed E-state index contributed by atoms with van der Waals surface area (Å²) in [6.45, 7) is 3.26. The maximum atomic E-state index is 6.13. The zero-order valence-corrected chi connectivity index (χ0v) is 17.7. The Morgan fingerprint density at radius 1 is 0.833 bits per heavy atom. The van der Waals surface area contributed by atoms with Crippen LogP contribution in [-0.2, 0) is 0 Å². The van der Waals surface area contributed by atoms with Crippen molar-refractivity contribution in [2.24, 2.45) is 0 Å². The molecule has 2 aliphatic rings. The van der Waals surface area contributed by atoms with E-state index < -0.39 is 0 Å². The van der Waals surface area contributed by atoms with E-state index in [1.807, 2.05) is 0 Å². The van der Waals surface area contributed by atoms with Gasteiger partial charge in [-0.05, 0) is 49.6 Å². The lowest BCUT2D eigenvalue weighted by atomic mass is 10.1. The lowest BCUT2D eigenvalue weighted by Gasteiger charge is -2.27. The second kappa shape index (κ2) is 10.0. The van der Waals surface area contributed by atoms with Gasteiger partial charge >= 0.3 is 0 Å². The van der Waals surface area contributed by atoms with E-state index in [1.165, 1.54) is 0 Å². The van der Waals surface area contributed by atoms with E-state index in [0.717, 1.165) is 25.9 Å². The largest absolute Gasteiger partial charge is 0.490 e. The fourth-order valence-electron chi connectivity index (χ4n) is 2.76. The first-order valence-electron chi connectivity index (χ1n) is 9.73. The molecule has 154 valence electrons. The molecular formula is C22H20Cl2N4O2. The molecule has 2 aromatic rings. The molecule has 0 aliphatic carbocycles. The summed E-state index contributed by atoms with van der Waals surface area (Å²) < 4.78 is 11.5. The molecule has 4 heterocycles. The van der Waals surface area contributed by atoms with Crippen molar-refractivity contribution < 1.29 is 9.47 Å². The average molecular weight is 443 g/mol. The Hall–Kier alpha value is -2.48. The first kappa shape index (κ1) is 20.8. The molecule has 0 saturated carbocycles. The van der Waals surface area contributed by atoms with Gasteiger partial charge in [-0.15, -0.1) is 0 Å². The molecule has 8 heteroatoms. The third-order valence-electron chi connectivity index (χ3n) is 4.84. The van der Waals surface area contributed by atoms with Gasteiger partial charge in [0.05, 0.1) is 23.5 Å². The zero-order valence-electron chi connectivity index (χ0n) is 16.2. The van der Waals surface area contributed by atoms with Crippen LogP contribution in [0.2, 0.25) is 10.3 Å². The molecule has 2 aliphatic heterocycles. The van der Waals surface area contributed by atoms with Crippen LogP contribution < -0.4 is 20.1 Å². The van der Waals surface area contributed by atoms with Crippen LogP contribution in [0.5, 0.6) is 11.5 Å². The van der Waals surface area contributed by atoms with Crippen LogP contribution in [0.25, 0.3) is 0 Å². The number of rotatable bonds is 6. The Labute approximate surface area is 185 Å². The maximum Gasteiger partial charge on any atom is 0.144 e. The monoisotopic (exact) mass is 442 g/mol. The summed E-state index contributed by atoms with van der Waals surface area (Å²) in [5.41, 5.74) is 1.11. The summed E-state index contributed by atoms with van der Waals surface area (Å²) in [5.74, 6) is 12.6. The van der Waals surface area contributed by atoms with Gasteiger partial charge in [-0.1, -0.05) is 23.2 Å². The van der Waals surface area contributed by atoms with E-state index in [9.17, 15) is 0 Å². The van der Waals surface area contributed by atoms with E-state index in [2.05, 4.69) is 44.3 Å². The second-order valence-corrected chi connectivity index (χ2v) is 7.74. The number of pyridine rings is 2. The minimum Gasteiger partial charge on any atom is -0.490 e. The SMILES string of the molecule is Clc1ncc(OCC2CCN2)cc1C#CC#Cc1cc(OCC2CCN2)cnc1Cl. The number of hydrogen-bond acceptors (Lipinski definition) is 6. The lowest BCUT2D eigenvalue weighted by molar-refractivity contribution is 0.217. The average Bonchev–Trinajstić information content (AvgIpc) is 2.67. The quantitative estimate of drug-likeness (QED) is 0.529. The Kier molecular flexibility index (Phi) is 6.94. The van der Waals surface area contributed by atoms with Gasteiger partial charge in [0.15, 0.2) is 0 Å². The van der Waals surface area contributed by atoms with Gasteiger partial charge in [0.25, 0.3) is 0 Å². The van der Waals surface area contributed by atoms with Crippen molar-refractivity contribution in [3.05, 3.63) is 46.0 Å². The number of hydrogen-bond donors (Lipinski definition) is 2. The topological polar surface area (TPSA) is 68.3 Å². The summed E-state index contributed by atoms with van der Waals surface area (Å²) in [5, 5.41) is 7.17. The van der Waals surface area contributed by atoms with E-state index >= 15 is 0 Å². The van der Waals surface area contributed by atoms with Gasteiger partial charge in [0, 0.05) is 24.2 Å². The standard InChI is InChI=1S/C22H20Cl2N4O2/c23-21-15(9-19(11-27-21)29-13-17-5-7-25-17)3-1-2-4-16-10-20(12-28-22(16)24)30-14-18-6-8-26-18/h9-12,17-18,25-26H,5-8,13-14H2. The molecule has 2 atom stereocenters. The van der Waals surface area contributed by atoms with Crippen molar-refractivity contribution in [1.29, 1.82) is 0 Å². The summed E-state index contributed by atoms with van der Waals surface area (Å²) >= 11 is 12.3. The molecule has 2 unspecified atom stereocenters. The molecule has 0 amide bonds. The number of halogens is 2. The van der Waals surface area contributed by atoms with Crippen LogP contribution >= 0.6 is 23.2 Å².